The third kappa shape index (κ3) is 5.57. The number of nitrogens with one attached hydrogen (secondary N) is 2. The molecule has 1 atom stereocenters. The van der Waals surface area contributed by atoms with Crippen LogP contribution in [0, 0.1) is 5.92 Å². The molecule has 29 heavy (non-hydrogen) atoms. The van der Waals surface area contributed by atoms with Crippen molar-refractivity contribution in [2.75, 3.05) is 36.4 Å². The summed E-state index contributed by atoms with van der Waals surface area (Å²) in [5.41, 5.74) is 0.635. The van der Waals surface area contributed by atoms with Crippen LogP contribution >= 0.6 is 11.6 Å². The van der Waals surface area contributed by atoms with Gasteiger partial charge in [-0.25, -0.2) is 14.8 Å². The molecule has 0 aliphatic carbocycles. The van der Waals surface area contributed by atoms with Gasteiger partial charge in [0.15, 0.2) is 0 Å². The highest BCUT2D eigenvalue weighted by Gasteiger charge is 2.28. The van der Waals surface area contributed by atoms with Crippen molar-refractivity contribution in [3.8, 4) is 0 Å². The number of piperazine rings is 1. The molecule has 1 saturated heterocycles. The molecule has 1 aliphatic heterocycles. The summed E-state index contributed by atoms with van der Waals surface area (Å²) in [6.07, 6.45) is 3.40. The lowest BCUT2D eigenvalue weighted by molar-refractivity contribution is -0.118. The molecule has 0 bridgehead atoms. The van der Waals surface area contributed by atoms with Crippen molar-refractivity contribution in [3.05, 3.63) is 47.7 Å². The standard InChI is InChI=1S/C20H25ClN6O2/c1-14(2)17(18(28)24-16-6-4-15(21)5-7-16)25-20(29)27-12-10-26(11-13-27)19-22-8-3-9-23-19/h3-9,14,17H,10-13H2,1-2H3,(H,24,28)(H,25,29). The van der Waals surface area contributed by atoms with Crippen LogP contribution in [0.5, 0.6) is 0 Å². The Labute approximate surface area is 175 Å². The van der Waals surface area contributed by atoms with Crippen LogP contribution in [0.1, 0.15) is 13.8 Å². The van der Waals surface area contributed by atoms with Crippen LogP contribution in [0.25, 0.3) is 0 Å². The van der Waals surface area contributed by atoms with E-state index in [0.29, 0.717) is 42.8 Å². The Kier molecular flexibility index (Phi) is 6.87. The zero-order chi connectivity index (χ0) is 20.8. The van der Waals surface area contributed by atoms with Gasteiger partial charge < -0.3 is 20.4 Å². The first kappa shape index (κ1) is 20.9. The van der Waals surface area contributed by atoms with Gasteiger partial charge in [-0.1, -0.05) is 25.4 Å². The zero-order valence-corrected chi connectivity index (χ0v) is 17.3. The molecule has 2 heterocycles. The predicted octanol–water partition coefficient (Wildman–Crippen LogP) is 2.62. The number of nitrogens with zero attached hydrogens (tertiary/aromatic N) is 4. The summed E-state index contributed by atoms with van der Waals surface area (Å²) >= 11 is 5.88. The van der Waals surface area contributed by atoms with Crippen molar-refractivity contribution in [2.45, 2.75) is 19.9 Å². The van der Waals surface area contributed by atoms with Crippen molar-refractivity contribution in [3.63, 3.8) is 0 Å². The Bertz CT molecular complexity index is 823. The summed E-state index contributed by atoms with van der Waals surface area (Å²) in [5, 5.41) is 6.30. The van der Waals surface area contributed by atoms with Gasteiger partial charge in [0.25, 0.3) is 0 Å². The van der Waals surface area contributed by atoms with Crippen LogP contribution in [-0.2, 0) is 4.79 Å². The fourth-order valence-electron chi connectivity index (χ4n) is 3.08. The number of carbonyl (C=O) groups is 2. The van der Waals surface area contributed by atoms with E-state index in [2.05, 4.69) is 20.6 Å². The lowest BCUT2D eigenvalue weighted by atomic mass is 10.0. The topological polar surface area (TPSA) is 90.5 Å². The van der Waals surface area contributed by atoms with Crippen molar-refractivity contribution in [2.24, 2.45) is 5.92 Å². The Balaban J connectivity index is 1.55. The molecule has 3 amide bonds. The second-order valence-electron chi connectivity index (χ2n) is 7.19. The number of anilines is 2. The minimum Gasteiger partial charge on any atom is -0.337 e. The minimum atomic E-state index is -0.645. The SMILES string of the molecule is CC(C)C(NC(=O)N1CCN(c2ncccn2)CC1)C(=O)Nc1ccc(Cl)cc1. The first-order chi connectivity index (χ1) is 13.9. The highest BCUT2D eigenvalue weighted by Crippen LogP contribution is 2.15. The Morgan fingerprint density at radius 1 is 1.03 bits per heavy atom. The zero-order valence-electron chi connectivity index (χ0n) is 16.5. The van der Waals surface area contributed by atoms with Gasteiger partial charge in [0.1, 0.15) is 6.04 Å². The van der Waals surface area contributed by atoms with Crippen LogP contribution in [0.2, 0.25) is 5.02 Å². The fourth-order valence-corrected chi connectivity index (χ4v) is 3.20. The predicted molar refractivity (Wildman–Crippen MR) is 113 cm³/mol. The van der Waals surface area contributed by atoms with Gasteiger partial charge in [0.05, 0.1) is 0 Å². The molecular weight excluding hydrogens is 392 g/mol. The van der Waals surface area contributed by atoms with E-state index in [-0.39, 0.29) is 17.9 Å². The molecule has 9 heteroatoms. The van der Waals surface area contributed by atoms with E-state index in [1.165, 1.54) is 0 Å². The van der Waals surface area contributed by atoms with Gasteiger partial charge in [-0.15, -0.1) is 0 Å². The quantitative estimate of drug-likeness (QED) is 0.781. The van der Waals surface area contributed by atoms with Crippen LogP contribution < -0.4 is 15.5 Å². The number of benzene rings is 1. The second kappa shape index (κ2) is 9.56. The van der Waals surface area contributed by atoms with E-state index in [1.54, 1.807) is 47.6 Å². The monoisotopic (exact) mass is 416 g/mol. The molecule has 0 spiro atoms. The lowest BCUT2D eigenvalue weighted by Gasteiger charge is -2.35. The number of urea groups is 1. The first-order valence-corrected chi connectivity index (χ1v) is 9.95. The fraction of sp³-hybridized carbons (Fsp3) is 0.400. The van der Waals surface area contributed by atoms with E-state index in [1.807, 2.05) is 18.7 Å². The number of hydrogen-bond donors (Lipinski definition) is 2. The van der Waals surface area contributed by atoms with Crippen LogP contribution in [0.3, 0.4) is 0 Å². The van der Waals surface area contributed by atoms with E-state index in [4.69, 9.17) is 11.6 Å². The highest BCUT2D eigenvalue weighted by atomic mass is 35.5. The average Bonchev–Trinajstić information content (AvgIpc) is 2.74. The van der Waals surface area contributed by atoms with Gasteiger partial charge in [-0.3, -0.25) is 4.79 Å². The van der Waals surface area contributed by atoms with E-state index < -0.39 is 6.04 Å². The highest BCUT2D eigenvalue weighted by molar-refractivity contribution is 6.30. The molecule has 1 unspecified atom stereocenters. The Hall–Kier alpha value is -2.87. The molecule has 3 rings (SSSR count). The van der Waals surface area contributed by atoms with Gasteiger partial charge in [-0.05, 0) is 36.2 Å². The molecule has 0 radical (unpaired) electrons. The third-order valence-corrected chi connectivity index (χ3v) is 4.99. The summed E-state index contributed by atoms with van der Waals surface area (Å²) < 4.78 is 0. The number of carbonyl (C=O) groups excluding carboxylic acids is 2. The van der Waals surface area contributed by atoms with E-state index in [9.17, 15) is 9.59 Å². The average molecular weight is 417 g/mol. The summed E-state index contributed by atoms with van der Waals surface area (Å²) in [6, 6.07) is 7.74. The van der Waals surface area contributed by atoms with Gasteiger partial charge in [-0.2, -0.15) is 0 Å². The molecule has 154 valence electrons. The largest absolute Gasteiger partial charge is 0.337 e. The van der Waals surface area contributed by atoms with E-state index in [0.717, 1.165) is 0 Å². The Morgan fingerprint density at radius 2 is 1.66 bits per heavy atom. The number of rotatable bonds is 5. The van der Waals surface area contributed by atoms with Crippen LogP contribution in [0.4, 0.5) is 16.4 Å². The maximum absolute atomic E-state index is 12.7. The molecule has 1 fully saturated rings. The third-order valence-electron chi connectivity index (χ3n) is 4.74. The smallest absolute Gasteiger partial charge is 0.318 e. The lowest BCUT2D eigenvalue weighted by Crippen LogP contribution is -2.56. The molecule has 8 nitrogen and oxygen atoms in total. The van der Waals surface area contributed by atoms with Crippen molar-refractivity contribution >= 4 is 35.2 Å². The van der Waals surface area contributed by atoms with Gasteiger partial charge in [0.2, 0.25) is 11.9 Å². The van der Waals surface area contributed by atoms with Crippen molar-refractivity contribution in [1.82, 2.24) is 20.2 Å². The number of hydrogen-bond acceptors (Lipinski definition) is 5. The van der Waals surface area contributed by atoms with Gasteiger partial charge in [0, 0.05) is 49.3 Å². The van der Waals surface area contributed by atoms with Gasteiger partial charge >= 0.3 is 6.03 Å². The molecule has 2 N–H and O–H groups in total. The van der Waals surface area contributed by atoms with Crippen LogP contribution in [-0.4, -0.2) is 59.0 Å². The minimum absolute atomic E-state index is 0.0646. The number of aromatic nitrogens is 2. The molecule has 2 aromatic rings. The molecule has 1 aliphatic rings. The molecule has 0 saturated carbocycles. The molecule has 1 aromatic heterocycles. The summed E-state index contributed by atoms with van der Waals surface area (Å²) in [7, 11) is 0. The van der Waals surface area contributed by atoms with Crippen LogP contribution in [0.15, 0.2) is 42.7 Å². The maximum Gasteiger partial charge on any atom is 0.318 e. The first-order valence-electron chi connectivity index (χ1n) is 9.58. The summed E-state index contributed by atoms with van der Waals surface area (Å²) in [4.78, 5) is 37.7. The maximum atomic E-state index is 12.7. The van der Waals surface area contributed by atoms with Crippen molar-refractivity contribution < 1.29 is 9.59 Å². The molecular formula is C20H25ClN6O2. The molecule has 1 aromatic carbocycles. The normalized spacial score (nSPS) is 15.2. The summed E-state index contributed by atoms with van der Waals surface area (Å²) in [5.74, 6) is 0.340. The number of amides is 3. The van der Waals surface area contributed by atoms with E-state index >= 15 is 0 Å². The Morgan fingerprint density at radius 3 is 2.24 bits per heavy atom. The van der Waals surface area contributed by atoms with Crippen molar-refractivity contribution in [1.29, 1.82) is 0 Å². The summed E-state index contributed by atoms with van der Waals surface area (Å²) in [6.45, 7) is 6.15. The number of halogens is 1. The second-order valence-corrected chi connectivity index (χ2v) is 7.63.